The molecule has 1 aromatic heterocycles. The Morgan fingerprint density at radius 1 is 1.25 bits per heavy atom. The SMILES string of the molecule is COc1cc(-c2nc(Cl)cc(CC(C)C)n2)ccc1F. The van der Waals surface area contributed by atoms with Gasteiger partial charge in [0.2, 0.25) is 0 Å². The Bertz CT molecular complexity index is 617. The number of halogens is 2. The lowest BCUT2D eigenvalue weighted by molar-refractivity contribution is 0.386. The Balaban J connectivity index is 2.44. The fourth-order valence-electron chi connectivity index (χ4n) is 1.92. The van der Waals surface area contributed by atoms with Crippen LogP contribution in [0.4, 0.5) is 4.39 Å². The van der Waals surface area contributed by atoms with E-state index >= 15 is 0 Å². The maximum Gasteiger partial charge on any atom is 0.165 e. The van der Waals surface area contributed by atoms with Crippen molar-refractivity contribution in [1.29, 1.82) is 0 Å². The number of methoxy groups -OCH3 is 1. The second kappa shape index (κ2) is 6.18. The molecule has 2 aromatic rings. The average molecular weight is 295 g/mol. The Morgan fingerprint density at radius 2 is 2.00 bits per heavy atom. The molecule has 0 spiro atoms. The molecular weight excluding hydrogens is 279 g/mol. The highest BCUT2D eigenvalue weighted by atomic mass is 35.5. The lowest BCUT2D eigenvalue weighted by Crippen LogP contribution is -2.01. The van der Waals surface area contributed by atoms with Crippen molar-refractivity contribution in [2.45, 2.75) is 20.3 Å². The van der Waals surface area contributed by atoms with Crippen LogP contribution in [0.15, 0.2) is 24.3 Å². The molecule has 0 aliphatic rings. The number of hydrogen-bond acceptors (Lipinski definition) is 3. The molecule has 2 rings (SSSR count). The van der Waals surface area contributed by atoms with Gasteiger partial charge in [0.25, 0.3) is 0 Å². The van der Waals surface area contributed by atoms with Gasteiger partial charge in [-0.1, -0.05) is 25.4 Å². The van der Waals surface area contributed by atoms with Gasteiger partial charge in [0.05, 0.1) is 7.11 Å². The first kappa shape index (κ1) is 14.7. The molecule has 0 unspecified atom stereocenters. The first-order valence-corrected chi connectivity index (χ1v) is 6.74. The van der Waals surface area contributed by atoms with Crippen LogP contribution in [-0.2, 0) is 6.42 Å². The Hall–Kier alpha value is -1.68. The molecule has 3 nitrogen and oxygen atoms in total. The lowest BCUT2D eigenvalue weighted by Gasteiger charge is -2.08. The van der Waals surface area contributed by atoms with Gasteiger partial charge in [0.15, 0.2) is 17.4 Å². The minimum Gasteiger partial charge on any atom is -0.494 e. The van der Waals surface area contributed by atoms with Crippen molar-refractivity contribution in [2.75, 3.05) is 7.11 Å². The summed E-state index contributed by atoms with van der Waals surface area (Å²) in [6.07, 6.45) is 0.813. The predicted molar refractivity (Wildman–Crippen MR) is 77.5 cm³/mol. The summed E-state index contributed by atoms with van der Waals surface area (Å²) in [6, 6.07) is 6.27. The molecule has 5 heteroatoms. The van der Waals surface area contributed by atoms with E-state index in [9.17, 15) is 4.39 Å². The monoisotopic (exact) mass is 294 g/mol. The summed E-state index contributed by atoms with van der Waals surface area (Å²) < 4.78 is 18.4. The van der Waals surface area contributed by atoms with E-state index in [-0.39, 0.29) is 5.75 Å². The molecule has 0 bridgehead atoms. The number of rotatable bonds is 4. The van der Waals surface area contributed by atoms with Crippen molar-refractivity contribution in [3.8, 4) is 17.1 Å². The molecule has 0 aliphatic carbocycles. The van der Waals surface area contributed by atoms with Gasteiger partial charge < -0.3 is 4.74 Å². The molecule has 0 radical (unpaired) electrons. The van der Waals surface area contributed by atoms with Crippen LogP contribution in [0.3, 0.4) is 0 Å². The summed E-state index contributed by atoms with van der Waals surface area (Å²) in [5.41, 5.74) is 1.55. The fraction of sp³-hybridized carbons (Fsp3) is 0.333. The van der Waals surface area contributed by atoms with Crippen molar-refractivity contribution in [3.63, 3.8) is 0 Å². The van der Waals surface area contributed by atoms with Gasteiger partial charge in [0.1, 0.15) is 5.15 Å². The highest BCUT2D eigenvalue weighted by Crippen LogP contribution is 2.25. The summed E-state index contributed by atoms with van der Waals surface area (Å²) >= 11 is 6.03. The number of nitrogens with zero attached hydrogens (tertiary/aromatic N) is 2. The van der Waals surface area contributed by atoms with Crippen LogP contribution in [-0.4, -0.2) is 17.1 Å². The van der Waals surface area contributed by atoms with Gasteiger partial charge in [0, 0.05) is 11.3 Å². The highest BCUT2D eigenvalue weighted by Gasteiger charge is 2.10. The summed E-state index contributed by atoms with van der Waals surface area (Å²) in [6.45, 7) is 4.22. The topological polar surface area (TPSA) is 35.0 Å². The average Bonchev–Trinajstić information content (AvgIpc) is 2.37. The Morgan fingerprint density at radius 3 is 2.65 bits per heavy atom. The van der Waals surface area contributed by atoms with Gasteiger partial charge in [-0.2, -0.15) is 0 Å². The van der Waals surface area contributed by atoms with Crippen LogP contribution in [0.1, 0.15) is 19.5 Å². The van der Waals surface area contributed by atoms with Crippen LogP contribution >= 0.6 is 11.6 Å². The molecule has 0 N–H and O–H groups in total. The zero-order chi connectivity index (χ0) is 14.7. The third kappa shape index (κ3) is 3.45. The molecule has 1 heterocycles. The van der Waals surface area contributed by atoms with E-state index in [1.54, 1.807) is 18.2 Å². The quantitative estimate of drug-likeness (QED) is 0.795. The second-order valence-corrected chi connectivity index (χ2v) is 5.34. The molecule has 0 fully saturated rings. The zero-order valence-electron chi connectivity index (χ0n) is 11.7. The standard InChI is InChI=1S/C15H16ClFN2O/c1-9(2)6-11-8-14(16)19-15(18-11)10-4-5-12(17)13(7-10)20-3/h4-5,7-9H,6H2,1-3H3. The van der Waals surface area contributed by atoms with Crippen molar-refractivity contribution >= 4 is 11.6 Å². The van der Waals surface area contributed by atoms with Gasteiger partial charge in [-0.15, -0.1) is 0 Å². The lowest BCUT2D eigenvalue weighted by atomic mass is 10.1. The van der Waals surface area contributed by atoms with Crippen LogP contribution in [0.5, 0.6) is 5.75 Å². The van der Waals surface area contributed by atoms with E-state index < -0.39 is 5.82 Å². The summed E-state index contributed by atoms with van der Waals surface area (Å²) in [7, 11) is 1.42. The van der Waals surface area contributed by atoms with E-state index in [0.29, 0.717) is 22.5 Å². The zero-order valence-corrected chi connectivity index (χ0v) is 12.4. The van der Waals surface area contributed by atoms with E-state index in [1.165, 1.54) is 13.2 Å². The largest absolute Gasteiger partial charge is 0.494 e. The van der Waals surface area contributed by atoms with Crippen LogP contribution in [0, 0.1) is 11.7 Å². The van der Waals surface area contributed by atoms with Crippen molar-refractivity contribution in [3.05, 3.63) is 40.9 Å². The normalized spacial score (nSPS) is 10.9. The van der Waals surface area contributed by atoms with Crippen LogP contribution < -0.4 is 4.74 Å². The number of hydrogen-bond donors (Lipinski definition) is 0. The third-order valence-corrected chi connectivity index (χ3v) is 2.97. The molecule has 20 heavy (non-hydrogen) atoms. The van der Waals surface area contributed by atoms with Gasteiger partial charge >= 0.3 is 0 Å². The van der Waals surface area contributed by atoms with Crippen molar-refractivity contribution in [2.24, 2.45) is 5.92 Å². The molecule has 0 amide bonds. The molecule has 0 aliphatic heterocycles. The summed E-state index contributed by atoms with van der Waals surface area (Å²) in [5, 5.41) is 0.383. The van der Waals surface area contributed by atoms with Gasteiger partial charge in [-0.25, -0.2) is 14.4 Å². The maximum absolute atomic E-state index is 13.4. The molecule has 1 aromatic carbocycles. The minimum atomic E-state index is -0.416. The predicted octanol–water partition coefficient (Wildman–Crippen LogP) is 4.14. The van der Waals surface area contributed by atoms with Crippen LogP contribution in [0.2, 0.25) is 5.15 Å². The first-order valence-electron chi connectivity index (χ1n) is 6.37. The number of ether oxygens (including phenoxy) is 1. The van der Waals surface area contributed by atoms with Gasteiger partial charge in [-0.05, 0) is 36.6 Å². The summed E-state index contributed by atoms with van der Waals surface area (Å²) in [5.74, 6) is 0.695. The first-order chi connectivity index (χ1) is 9.49. The Kier molecular flexibility index (Phi) is 4.55. The van der Waals surface area contributed by atoms with Crippen molar-refractivity contribution < 1.29 is 9.13 Å². The van der Waals surface area contributed by atoms with Crippen molar-refractivity contribution in [1.82, 2.24) is 9.97 Å². The third-order valence-electron chi connectivity index (χ3n) is 2.77. The molecule has 0 saturated heterocycles. The molecular formula is C15H16ClFN2O. The van der Waals surface area contributed by atoms with Gasteiger partial charge in [-0.3, -0.25) is 0 Å². The molecule has 0 atom stereocenters. The highest BCUT2D eigenvalue weighted by molar-refractivity contribution is 6.29. The smallest absolute Gasteiger partial charge is 0.165 e. The molecule has 0 saturated carbocycles. The summed E-state index contributed by atoms with van der Waals surface area (Å²) in [4.78, 5) is 8.67. The van der Waals surface area contributed by atoms with E-state index in [0.717, 1.165) is 12.1 Å². The molecule has 106 valence electrons. The van der Waals surface area contributed by atoms with Crippen LogP contribution in [0.25, 0.3) is 11.4 Å². The Labute approximate surface area is 122 Å². The van der Waals surface area contributed by atoms with E-state index in [2.05, 4.69) is 23.8 Å². The number of aromatic nitrogens is 2. The number of benzene rings is 1. The van der Waals surface area contributed by atoms with E-state index in [4.69, 9.17) is 16.3 Å². The fourth-order valence-corrected chi connectivity index (χ4v) is 2.12. The minimum absolute atomic E-state index is 0.163. The van der Waals surface area contributed by atoms with E-state index in [1.807, 2.05) is 0 Å². The maximum atomic E-state index is 13.4. The second-order valence-electron chi connectivity index (χ2n) is 4.95.